The monoisotopic (exact) mass is 236 g/mol. The Morgan fingerprint density at radius 2 is 2.41 bits per heavy atom. The van der Waals surface area contributed by atoms with E-state index in [0.29, 0.717) is 23.7 Å². The van der Waals surface area contributed by atoms with Crippen molar-refractivity contribution in [1.82, 2.24) is 0 Å². The van der Waals surface area contributed by atoms with Crippen LogP contribution in [0.2, 0.25) is 0 Å². The first-order chi connectivity index (χ1) is 8.20. The number of benzene rings is 1. The van der Waals surface area contributed by atoms with Gasteiger partial charge in [-0.1, -0.05) is 0 Å². The molecule has 1 atom stereocenters. The van der Waals surface area contributed by atoms with Crippen LogP contribution in [0, 0.1) is 0 Å². The molecule has 2 rings (SSSR count). The summed E-state index contributed by atoms with van der Waals surface area (Å²) in [5, 5.41) is 2.79. The van der Waals surface area contributed by atoms with Gasteiger partial charge in [-0.25, -0.2) is 0 Å². The van der Waals surface area contributed by atoms with E-state index in [0.717, 1.165) is 12.8 Å². The van der Waals surface area contributed by atoms with Gasteiger partial charge in [0.15, 0.2) is 0 Å². The van der Waals surface area contributed by atoms with E-state index in [1.807, 2.05) is 0 Å². The summed E-state index contributed by atoms with van der Waals surface area (Å²) >= 11 is 0. The van der Waals surface area contributed by atoms with E-state index < -0.39 is 0 Å². The predicted octanol–water partition coefficient (Wildman–Crippen LogP) is 1.39. The molecule has 0 aromatic heterocycles. The number of carbonyl (C=O) groups is 1. The van der Waals surface area contributed by atoms with Gasteiger partial charge in [0.25, 0.3) is 5.91 Å². The molecule has 3 N–H and O–H groups in total. The van der Waals surface area contributed by atoms with Crippen molar-refractivity contribution in [2.45, 2.75) is 18.9 Å². The highest BCUT2D eigenvalue weighted by Gasteiger charge is 2.23. The fourth-order valence-corrected chi connectivity index (χ4v) is 1.80. The van der Waals surface area contributed by atoms with E-state index in [9.17, 15) is 4.79 Å². The number of rotatable bonds is 3. The third-order valence-electron chi connectivity index (χ3n) is 2.72. The van der Waals surface area contributed by atoms with Crippen molar-refractivity contribution in [3.05, 3.63) is 18.2 Å². The van der Waals surface area contributed by atoms with Gasteiger partial charge in [0, 0.05) is 18.4 Å². The van der Waals surface area contributed by atoms with Crippen LogP contribution < -0.4 is 15.8 Å². The minimum absolute atomic E-state index is 0.116. The predicted molar refractivity (Wildman–Crippen MR) is 65.0 cm³/mol. The van der Waals surface area contributed by atoms with E-state index in [-0.39, 0.29) is 12.0 Å². The second-order valence-electron chi connectivity index (χ2n) is 3.95. The van der Waals surface area contributed by atoms with Crippen molar-refractivity contribution in [3.8, 4) is 5.75 Å². The molecule has 0 spiro atoms. The standard InChI is InChI=1S/C12H16N2O3/c1-16-11-7-8(4-5-9(11)13)14-12(15)10-3-2-6-17-10/h4-5,7,10H,2-3,6,13H2,1H3,(H,14,15)/t10-/m1/s1. The highest BCUT2D eigenvalue weighted by atomic mass is 16.5. The normalized spacial score (nSPS) is 19.0. The molecule has 92 valence electrons. The number of hydrogen-bond donors (Lipinski definition) is 2. The van der Waals surface area contributed by atoms with Crippen LogP contribution in [0.1, 0.15) is 12.8 Å². The number of methoxy groups -OCH3 is 1. The van der Waals surface area contributed by atoms with Crippen molar-refractivity contribution in [1.29, 1.82) is 0 Å². The molecule has 0 radical (unpaired) electrons. The number of nitrogens with one attached hydrogen (secondary N) is 1. The Labute approximate surface area is 99.9 Å². The maximum Gasteiger partial charge on any atom is 0.253 e. The van der Waals surface area contributed by atoms with Crippen molar-refractivity contribution in [2.75, 3.05) is 24.8 Å². The van der Waals surface area contributed by atoms with Gasteiger partial charge in [-0.15, -0.1) is 0 Å². The lowest BCUT2D eigenvalue weighted by Gasteiger charge is -2.12. The Hall–Kier alpha value is -1.75. The topological polar surface area (TPSA) is 73.6 Å². The largest absolute Gasteiger partial charge is 0.495 e. The fraction of sp³-hybridized carbons (Fsp3) is 0.417. The van der Waals surface area contributed by atoms with Crippen LogP contribution in [0.25, 0.3) is 0 Å². The molecule has 1 aliphatic heterocycles. The zero-order chi connectivity index (χ0) is 12.3. The molecule has 1 aliphatic rings. The number of ether oxygens (including phenoxy) is 2. The minimum Gasteiger partial charge on any atom is -0.495 e. The van der Waals surface area contributed by atoms with Crippen LogP contribution >= 0.6 is 0 Å². The summed E-state index contributed by atoms with van der Waals surface area (Å²) < 4.78 is 10.4. The first-order valence-corrected chi connectivity index (χ1v) is 5.56. The molecule has 1 heterocycles. The Morgan fingerprint density at radius 1 is 1.59 bits per heavy atom. The second-order valence-corrected chi connectivity index (χ2v) is 3.95. The first kappa shape index (κ1) is 11.7. The summed E-state index contributed by atoms with van der Waals surface area (Å²) in [4.78, 5) is 11.8. The lowest BCUT2D eigenvalue weighted by atomic mass is 10.2. The molecule has 0 aliphatic carbocycles. The maximum absolute atomic E-state index is 11.8. The third kappa shape index (κ3) is 2.68. The van der Waals surface area contributed by atoms with E-state index in [1.54, 1.807) is 18.2 Å². The lowest BCUT2D eigenvalue weighted by molar-refractivity contribution is -0.124. The van der Waals surface area contributed by atoms with Crippen LogP contribution in [0.4, 0.5) is 11.4 Å². The highest BCUT2D eigenvalue weighted by molar-refractivity contribution is 5.94. The number of carbonyl (C=O) groups excluding carboxylic acids is 1. The molecule has 1 saturated heterocycles. The van der Waals surface area contributed by atoms with Gasteiger partial charge >= 0.3 is 0 Å². The summed E-state index contributed by atoms with van der Waals surface area (Å²) in [5.41, 5.74) is 6.90. The quantitative estimate of drug-likeness (QED) is 0.778. The Balaban J connectivity index is 2.05. The van der Waals surface area contributed by atoms with Gasteiger partial charge in [-0.2, -0.15) is 0 Å². The number of anilines is 2. The van der Waals surface area contributed by atoms with Gasteiger partial charge in [0.05, 0.1) is 12.8 Å². The lowest BCUT2D eigenvalue weighted by Crippen LogP contribution is -2.26. The van der Waals surface area contributed by atoms with E-state index in [1.165, 1.54) is 7.11 Å². The Morgan fingerprint density at radius 3 is 3.06 bits per heavy atom. The van der Waals surface area contributed by atoms with Gasteiger partial charge in [-0.3, -0.25) is 4.79 Å². The second kappa shape index (κ2) is 5.05. The number of hydrogen-bond acceptors (Lipinski definition) is 4. The minimum atomic E-state index is -0.335. The molecule has 5 heteroatoms. The van der Waals surface area contributed by atoms with Crippen molar-refractivity contribution in [3.63, 3.8) is 0 Å². The summed E-state index contributed by atoms with van der Waals surface area (Å²) in [6, 6.07) is 5.14. The van der Waals surface area contributed by atoms with Gasteiger partial charge in [0.2, 0.25) is 0 Å². The molecular weight excluding hydrogens is 220 g/mol. The summed E-state index contributed by atoms with van der Waals surface area (Å²) in [6.45, 7) is 0.656. The number of nitrogens with two attached hydrogens (primary N) is 1. The van der Waals surface area contributed by atoms with Gasteiger partial charge < -0.3 is 20.5 Å². The molecular formula is C12H16N2O3. The Bertz CT molecular complexity index is 414. The molecule has 0 unspecified atom stereocenters. The average molecular weight is 236 g/mol. The van der Waals surface area contributed by atoms with Crippen molar-refractivity contribution in [2.24, 2.45) is 0 Å². The SMILES string of the molecule is COc1cc(NC(=O)[C@H]2CCCO2)ccc1N. The average Bonchev–Trinajstić information content (AvgIpc) is 2.85. The molecule has 1 fully saturated rings. The number of amides is 1. The van der Waals surface area contributed by atoms with Crippen LogP contribution in [0.15, 0.2) is 18.2 Å². The molecule has 17 heavy (non-hydrogen) atoms. The zero-order valence-corrected chi connectivity index (χ0v) is 9.73. The van der Waals surface area contributed by atoms with E-state index in [4.69, 9.17) is 15.2 Å². The van der Waals surface area contributed by atoms with Crippen LogP contribution in [0.3, 0.4) is 0 Å². The highest BCUT2D eigenvalue weighted by Crippen LogP contribution is 2.25. The summed E-state index contributed by atoms with van der Waals surface area (Å²) in [6.07, 6.45) is 1.37. The van der Waals surface area contributed by atoms with Gasteiger partial charge in [0.1, 0.15) is 11.9 Å². The van der Waals surface area contributed by atoms with E-state index >= 15 is 0 Å². The zero-order valence-electron chi connectivity index (χ0n) is 9.73. The maximum atomic E-state index is 11.8. The molecule has 5 nitrogen and oxygen atoms in total. The summed E-state index contributed by atoms with van der Waals surface area (Å²) in [7, 11) is 1.54. The van der Waals surface area contributed by atoms with Crippen LogP contribution in [-0.4, -0.2) is 25.7 Å². The van der Waals surface area contributed by atoms with E-state index in [2.05, 4.69) is 5.32 Å². The fourth-order valence-electron chi connectivity index (χ4n) is 1.80. The molecule has 0 saturated carbocycles. The number of nitrogen functional groups attached to an aromatic ring is 1. The van der Waals surface area contributed by atoms with Crippen molar-refractivity contribution < 1.29 is 14.3 Å². The van der Waals surface area contributed by atoms with Crippen LogP contribution in [-0.2, 0) is 9.53 Å². The van der Waals surface area contributed by atoms with Crippen molar-refractivity contribution >= 4 is 17.3 Å². The Kier molecular flexibility index (Phi) is 3.49. The summed E-state index contributed by atoms with van der Waals surface area (Å²) in [5.74, 6) is 0.435. The molecule has 1 aromatic carbocycles. The third-order valence-corrected chi connectivity index (χ3v) is 2.72. The molecule has 0 bridgehead atoms. The first-order valence-electron chi connectivity index (χ1n) is 5.56. The smallest absolute Gasteiger partial charge is 0.253 e. The molecule has 1 aromatic rings. The van der Waals surface area contributed by atoms with Crippen LogP contribution in [0.5, 0.6) is 5.75 Å². The molecule has 1 amide bonds. The van der Waals surface area contributed by atoms with Gasteiger partial charge in [-0.05, 0) is 25.0 Å².